The third-order valence-electron chi connectivity index (χ3n) is 1.64. The van der Waals surface area contributed by atoms with Crippen LogP contribution in [0.15, 0.2) is 12.1 Å². The van der Waals surface area contributed by atoms with Crippen molar-refractivity contribution in [3.63, 3.8) is 0 Å². The Morgan fingerprint density at radius 1 is 1.46 bits per heavy atom. The van der Waals surface area contributed by atoms with E-state index in [0.717, 1.165) is 11.2 Å². The van der Waals surface area contributed by atoms with E-state index in [1.165, 1.54) is 0 Å². The van der Waals surface area contributed by atoms with Crippen molar-refractivity contribution >= 4 is 23.4 Å². The average Bonchev–Trinajstić information content (AvgIpc) is 2.44. The van der Waals surface area contributed by atoms with Gasteiger partial charge >= 0.3 is 0 Å². The van der Waals surface area contributed by atoms with Crippen LogP contribution >= 0.6 is 12.2 Å². The molecule has 0 fully saturated rings. The summed E-state index contributed by atoms with van der Waals surface area (Å²) in [5.74, 6) is 0.611. The normalized spacial score (nSPS) is 10.5. The topological polar surface area (TPSA) is 53.7 Å². The van der Waals surface area contributed by atoms with E-state index in [1.54, 1.807) is 0 Å². The molecule has 2 heterocycles. The minimum Gasteiger partial charge on any atom is -0.478 e. The first-order valence-corrected chi connectivity index (χ1v) is 4.42. The SMILES string of the molecule is CCOc1ccc2[nH]c(=S)[nH]c2n1. The maximum absolute atomic E-state index is 5.24. The monoisotopic (exact) mass is 195 g/mol. The Bertz CT molecular complexity index is 473. The maximum Gasteiger partial charge on any atom is 0.215 e. The smallest absolute Gasteiger partial charge is 0.215 e. The lowest BCUT2D eigenvalue weighted by atomic mass is 10.4. The lowest BCUT2D eigenvalue weighted by Crippen LogP contribution is -1.93. The van der Waals surface area contributed by atoms with E-state index in [2.05, 4.69) is 15.0 Å². The molecule has 5 heteroatoms. The van der Waals surface area contributed by atoms with Crippen LogP contribution < -0.4 is 4.74 Å². The molecule has 0 saturated carbocycles. The van der Waals surface area contributed by atoms with Crippen LogP contribution in [-0.4, -0.2) is 21.6 Å². The van der Waals surface area contributed by atoms with Crippen LogP contribution in [0.1, 0.15) is 6.92 Å². The van der Waals surface area contributed by atoms with E-state index < -0.39 is 0 Å². The van der Waals surface area contributed by atoms with Crippen LogP contribution in [0.5, 0.6) is 5.88 Å². The van der Waals surface area contributed by atoms with Crippen molar-refractivity contribution in [2.24, 2.45) is 0 Å². The lowest BCUT2D eigenvalue weighted by Gasteiger charge is -1.99. The summed E-state index contributed by atoms with van der Waals surface area (Å²) in [4.78, 5) is 10.1. The first-order chi connectivity index (χ1) is 6.29. The molecule has 2 aromatic rings. The molecule has 0 aliphatic heterocycles. The van der Waals surface area contributed by atoms with E-state index in [-0.39, 0.29) is 0 Å². The third kappa shape index (κ3) is 1.55. The van der Waals surface area contributed by atoms with Gasteiger partial charge in [-0.3, -0.25) is 0 Å². The summed E-state index contributed by atoms with van der Waals surface area (Å²) in [5, 5.41) is 0. The van der Waals surface area contributed by atoms with Gasteiger partial charge in [-0.15, -0.1) is 0 Å². The van der Waals surface area contributed by atoms with Crippen LogP contribution in [0.2, 0.25) is 0 Å². The second-order valence-corrected chi connectivity index (χ2v) is 2.97. The second-order valence-electron chi connectivity index (χ2n) is 2.56. The van der Waals surface area contributed by atoms with Crippen LogP contribution in [0.25, 0.3) is 11.2 Å². The fourth-order valence-corrected chi connectivity index (χ4v) is 1.33. The minimum absolute atomic E-state index is 0.580. The predicted molar refractivity (Wildman–Crippen MR) is 52.4 cm³/mol. The molecule has 0 unspecified atom stereocenters. The van der Waals surface area contributed by atoms with Gasteiger partial charge in [0, 0.05) is 6.07 Å². The standard InChI is InChI=1S/C8H9N3OS/c1-2-12-6-4-3-5-7(10-6)11-8(13)9-5/h3-4H,2H2,1H3,(H2,9,10,11,13). The molecule has 0 radical (unpaired) electrons. The lowest BCUT2D eigenvalue weighted by molar-refractivity contribution is 0.328. The van der Waals surface area contributed by atoms with Gasteiger partial charge in [0.05, 0.1) is 12.1 Å². The molecule has 0 bridgehead atoms. The molecule has 0 saturated heterocycles. The van der Waals surface area contributed by atoms with E-state index in [1.807, 2.05) is 19.1 Å². The Hall–Kier alpha value is -1.36. The van der Waals surface area contributed by atoms with E-state index >= 15 is 0 Å². The van der Waals surface area contributed by atoms with Gasteiger partial charge < -0.3 is 14.7 Å². The zero-order valence-corrected chi connectivity index (χ0v) is 7.94. The number of aromatic amines is 2. The van der Waals surface area contributed by atoms with E-state index in [4.69, 9.17) is 17.0 Å². The highest BCUT2D eigenvalue weighted by Gasteiger charge is 1.99. The van der Waals surface area contributed by atoms with Crippen molar-refractivity contribution in [1.82, 2.24) is 15.0 Å². The Labute approximate surface area is 80.0 Å². The van der Waals surface area contributed by atoms with Crippen molar-refractivity contribution in [2.75, 3.05) is 6.61 Å². The summed E-state index contributed by atoms with van der Waals surface area (Å²) in [5.41, 5.74) is 1.63. The molecule has 4 nitrogen and oxygen atoms in total. The van der Waals surface area contributed by atoms with Crippen LogP contribution in [0.4, 0.5) is 0 Å². The van der Waals surface area contributed by atoms with Gasteiger partial charge in [0.25, 0.3) is 0 Å². The highest BCUT2D eigenvalue weighted by Crippen LogP contribution is 2.12. The molecule has 0 aliphatic carbocycles. The summed E-state index contributed by atoms with van der Waals surface area (Å²) in [7, 11) is 0. The number of rotatable bonds is 2. The van der Waals surface area contributed by atoms with Crippen molar-refractivity contribution in [1.29, 1.82) is 0 Å². The molecule has 0 aromatic carbocycles. The Balaban J connectivity index is 2.54. The highest BCUT2D eigenvalue weighted by molar-refractivity contribution is 7.71. The van der Waals surface area contributed by atoms with E-state index in [9.17, 15) is 0 Å². The molecular weight excluding hydrogens is 186 g/mol. The quantitative estimate of drug-likeness (QED) is 0.721. The summed E-state index contributed by atoms with van der Waals surface area (Å²) in [6, 6.07) is 3.70. The average molecular weight is 195 g/mol. The number of H-pyrrole nitrogens is 2. The third-order valence-corrected chi connectivity index (χ3v) is 1.85. The first kappa shape index (κ1) is 8.25. The summed E-state index contributed by atoms with van der Waals surface area (Å²) in [6.07, 6.45) is 0. The molecule has 13 heavy (non-hydrogen) atoms. The number of nitrogens with zero attached hydrogens (tertiary/aromatic N) is 1. The fraction of sp³-hybridized carbons (Fsp3) is 0.250. The Morgan fingerprint density at radius 2 is 2.31 bits per heavy atom. The molecular formula is C8H9N3OS. The van der Waals surface area contributed by atoms with Crippen LogP contribution in [0, 0.1) is 4.77 Å². The molecule has 2 rings (SSSR count). The van der Waals surface area contributed by atoms with Crippen LogP contribution in [0.3, 0.4) is 0 Å². The van der Waals surface area contributed by atoms with Crippen molar-refractivity contribution in [2.45, 2.75) is 6.92 Å². The van der Waals surface area contributed by atoms with Crippen molar-refractivity contribution in [3.05, 3.63) is 16.9 Å². The highest BCUT2D eigenvalue weighted by atomic mass is 32.1. The number of ether oxygens (including phenoxy) is 1. The van der Waals surface area contributed by atoms with Gasteiger partial charge in [0.15, 0.2) is 10.4 Å². The number of pyridine rings is 1. The van der Waals surface area contributed by atoms with Gasteiger partial charge in [0.1, 0.15) is 0 Å². The Kier molecular flexibility index (Phi) is 2.02. The van der Waals surface area contributed by atoms with Gasteiger partial charge in [0.2, 0.25) is 5.88 Å². The molecule has 2 N–H and O–H groups in total. The largest absolute Gasteiger partial charge is 0.478 e. The second kappa shape index (κ2) is 3.18. The maximum atomic E-state index is 5.24. The van der Waals surface area contributed by atoms with Crippen molar-refractivity contribution in [3.8, 4) is 5.88 Å². The van der Waals surface area contributed by atoms with Gasteiger partial charge in [-0.25, -0.2) is 0 Å². The van der Waals surface area contributed by atoms with Gasteiger partial charge in [-0.2, -0.15) is 4.98 Å². The number of imidazole rings is 1. The van der Waals surface area contributed by atoms with Crippen LogP contribution in [-0.2, 0) is 0 Å². The minimum atomic E-state index is 0.580. The number of aromatic nitrogens is 3. The van der Waals surface area contributed by atoms with Crippen molar-refractivity contribution < 1.29 is 4.74 Å². The number of hydrogen-bond acceptors (Lipinski definition) is 3. The molecule has 0 atom stereocenters. The zero-order chi connectivity index (χ0) is 9.26. The Morgan fingerprint density at radius 3 is 3.08 bits per heavy atom. The summed E-state index contributed by atoms with van der Waals surface area (Å²) >= 11 is 4.93. The van der Waals surface area contributed by atoms with E-state index in [0.29, 0.717) is 17.3 Å². The van der Waals surface area contributed by atoms with Gasteiger partial charge in [-0.1, -0.05) is 0 Å². The van der Waals surface area contributed by atoms with Gasteiger partial charge in [-0.05, 0) is 25.2 Å². The summed E-state index contributed by atoms with van der Waals surface area (Å²) in [6.45, 7) is 2.54. The number of hydrogen-bond donors (Lipinski definition) is 2. The number of nitrogens with one attached hydrogen (secondary N) is 2. The fourth-order valence-electron chi connectivity index (χ4n) is 1.13. The number of fused-ring (bicyclic) bond motifs is 1. The molecule has 0 spiro atoms. The molecule has 0 amide bonds. The predicted octanol–water partition coefficient (Wildman–Crippen LogP) is 2.02. The summed E-state index contributed by atoms with van der Waals surface area (Å²) < 4.78 is 5.82. The first-order valence-electron chi connectivity index (χ1n) is 4.01. The molecule has 68 valence electrons. The molecule has 2 aromatic heterocycles. The molecule has 0 aliphatic rings. The zero-order valence-electron chi connectivity index (χ0n) is 7.13.